The Balaban J connectivity index is 1.66. The van der Waals surface area contributed by atoms with Gasteiger partial charge in [0.05, 0.1) is 6.42 Å². The van der Waals surface area contributed by atoms with Gasteiger partial charge in [0.15, 0.2) is 0 Å². The van der Waals surface area contributed by atoms with Crippen molar-refractivity contribution in [3.63, 3.8) is 0 Å². The summed E-state index contributed by atoms with van der Waals surface area (Å²) in [6, 6.07) is 7.49. The van der Waals surface area contributed by atoms with Gasteiger partial charge in [-0.3, -0.25) is 15.6 Å². The summed E-state index contributed by atoms with van der Waals surface area (Å²) in [5.74, 6) is 0.542. The highest BCUT2D eigenvalue weighted by Crippen LogP contribution is 2.21. The normalized spacial score (nSPS) is 19.9. The zero-order valence-electron chi connectivity index (χ0n) is 17.5. The summed E-state index contributed by atoms with van der Waals surface area (Å²) in [5, 5.41) is 22.5. The Morgan fingerprint density at radius 1 is 1.23 bits per heavy atom. The maximum atomic E-state index is 12.3. The van der Waals surface area contributed by atoms with Gasteiger partial charge in [-0.15, -0.1) is 10.1 Å². The molecule has 10 heteroatoms. The van der Waals surface area contributed by atoms with E-state index in [4.69, 9.17) is 4.74 Å². The largest absolute Gasteiger partial charge is 0.491 e. The molecule has 0 saturated heterocycles. The van der Waals surface area contributed by atoms with Gasteiger partial charge in [0.1, 0.15) is 24.6 Å². The fraction of sp³-hybridized carbons (Fsp3) is 0.650. The summed E-state index contributed by atoms with van der Waals surface area (Å²) in [4.78, 5) is 27.2. The number of carbonyl (C=O) groups excluding carboxylic acids is 1. The van der Waals surface area contributed by atoms with E-state index in [0.717, 1.165) is 5.56 Å². The second kappa shape index (κ2) is 12.3. The molecule has 1 unspecified atom stereocenters. The van der Waals surface area contributed by atoms with Crippen LogP contribution in [0.25, 0.3) is 0 Å². The molecule has 1 aromatic carbocycles. The molecule has 1 atom stereocenters. The van der Waals surface area contributed by atoms with Gasteiger partial charge in [0.25, 0.3) is 5.09 Å². The van der Waals surface area contributed by atoms with Crippen LogP contribution < -0.4 is 20.9 Å². The number of amides is 1. The van der Waals surface area contributed by atoms with Gasteiger partial charge in [0, 0.05) is 18.6 Å². The Hall–Kier alpha value is -2.43. The summed E-state index contributed by atoms with van der Waals surface area (Å²) in [7, 11) is 0. The van der Waals surface area contributed by atoms with E-state index in [1.807, 2.05) is 26.0 Å². The van der Waals surface area contributed by atoms with Crippen molar-refractivity contribution in [3.8, 4) is 5.75 Å². The fourth-order valence-electron chi connectivity index (χ4n) is 3.23. The van der Waals surface area contributed by atoms with Crippen molar-refractivity contribution in [1.82, 2.24) is 16.2 Å². The molecule has 1 aliphatic carbocycles. The molecule has 0 bridgehead atoms. The maximum Gasteiger partial charge on any atom is 0.294 e. The fourth-order valence-corrected chi connectivity index (χ4v) is 3.23. The number of hydrogen-bond acceptors (Lipinski definition) is 8. The van der Waals surface area contributed by atoms with E-state index in [1.54, 1.807) is 12.1 Å². The van der Waals surface area contributed by atoms with Crippen molar-refractivity contribution in [2.24, 2.45) is 0 Å². The Morgan fingerprint density at radius 3 is 2.50 bits per heavy atom. The zero-order valence-corrected chi connectivity index (χ0v) is 17.5. The minimum absolute atomic E-state index is 0.0204. The van der Waals surface area contributed by atoms with E-state index in [-0.39, 0.29) is 37.1 Å². The Kier molecular flexibility index (Phi) is 9.78. The van der Waals surface area contributed by atoms with Crippen molar-refractivity contribution in [2.45, 2.75) is 70.2 Å². The molecule has 0 spiro atoms. The number of hydrazine groups is 1. The van der Waals surface area contributed by atoms with Gasteiger partial charge < -0.3 is 20.0 Å². The highest BCUT2D eigenvalue weighted by molar-refractivity contribution is 5.78. The third-order valence-electron chi connectivity index (χ3n) is 4.73. The van der Waals surface area contributed by atoms with Crippen LogP contribution in [-0.2, 0) is 16.1 Å². The zero-order chi connectivity index (χ0) is 21.9. The second-order valence-electron chi connectivity index (χ2n) is 7.84. The first-order valence-electron chi connectivity index (χ1n) is 10.3. The van der Waals surface area contributed by atoms with Crippen molar-refractivity contribution in [1.29, 1.82) is 0 Å². The highest BCUT2D eigenvalue weighted by atomic mass is 17.0. The highest BCUT2D eigenvalue weighted by Gasteiger charge is 2.24. The number of aliphatic hydroxyl groups is 1. The maximum absolute atomic E-state index is 12.3. The SMILES string of the molecule is CC(C)NNCC(O)COc1ccc(CC(=O)NC2CCC(O[N+](=O)[O-])CC2)cc1. The number of ether oxygens (including phenoxy) is 1. The molecule has 1 fully saturated rings. The molecule has 1 saturated carbocycles. The first-order chi connectivity index (χ1) is 14.3. The van der Waals surface area contributed by atoms with E-state index >= 15 is 0 Å². The number of nitrogens with one attached hydrogen (secondary N) is 3. The average molecular weight is 424 g/mol. The number of benzene rings is 1. The lowest BCUT2D eigenvalue weighted by Gasteiger charge is -2.27. The minimum Gasteiger partial charge on any atom is -0.491 e. The Labute approximate surface area is 176 Å². The van der Waals surface area contributed by atoms with Gasteiger partial charge in [-0.2, -0.15) is 0 Å². The molecule has 0 aliphatic heterocycles. The Morgan fingerprint density at radius 2 is 1.90 bits per heavy atom. The number of aliphatic hydroxyl groups excluding tert-OH is 1. The van der Waals surface area contributed by atoms with Crippen LogP contribution in [0.4, 0.5) is 0 Å². The predicted molar refractivity (Wildman–Crippen MR) is 110 cm³/mol. The molecule has 1 amide bonds. The third-order valence-corrected chi connectivity index (χ3v) is 4.73. The third kappa shape index (κ3) is 9.38. The van der Waals surface area contributed by atoms with Crippen LogP contribution in [0.5, 0.6) is 5.75 Å². The molecule has 1 aliphatic rings. The van der Waals surface area contributed by atoms with Crippen LogP contribution in [0.15, 0.2) is 24.3 Å². The lowest BCUT2D eigenvalue weighted by atomic mass is 9.93. The van der Waals surface area contributed by atoms with Crippen LogP contribution in [0, 0.1) is 10.1 Å². The number of rotatable bonds is 12. The predicted octanol–water partition coefficient (Wildman–Crippen LogP) is 1.11. The van der Waals surface area contributed by atoms with Gasteiger partial charge in [-0.25, -0.2) is 0 Å². The molecular weight excluding hydrogens is 392 g/mol. The second-order valence-corrected chi connectivity index (χ2v) is 7.84. The van der Waals surface area contributed by atoms with E-state index in [0.29, 0.717) is 38.0 Å². The lowest BCUT2D eigenvalue weighted by Crippen LogP contribution is -2.43. The topological polar surface area (TPSA) is 135 Å². The van der Waals surface area contributed by atoms with E-state index in [1.165, 1.54) is 0 Å². The molecule has 30 heavy (non-hydrogen) atoms. The van der Waals surface area contributed by atoms with Gasteiger partial charge in [-0.05, 0) is 57.2 Å². The summed E-state index contributed by atoms with van der Waals surface area (Å²) in [6.45, 7) is 4.53. The van der Waals surface area contributed by atoms with Crippen molar-refractivity contribution >= 4 is 5.91 Å². The van der Waals surface area contributed by atoms with Crippen molar-refractivity contribution in [3.05, 3.63) is 39.9 Å². The lowest BCUT2D eigenvalue weighted by molar-refractivity contribution is -0.769. The van der Waals surface area contributed by atoms with Crippen LogP contribution in [0.3, 0.4) is 0 Å². The van der Waals surface area contributed by atoms with Gasteiger partial charge in [-0.1, -0.05) is 12.1 Å². The molecule has 0 radical (unpaired) electrons. The number of nitrogens with zero attached hydrogens (tertiary/aromatic N) is 1. The number of carbonyl (C=O) groups is 1. The first kappa shape index (κ1) is 23.8. The van der Waals surface area contributed by atoms with Crippen LogP contribution in [0.1, 0.15) is 45.1 Å². The van der Waals surface area contributed by atoms with Crippen LogP contribution in [0.2, 0.25) is 0 Å². The molecule has 168 valence electrons. The number of hydrogen-bond donors (Lipinski definition) is 4. The monoisotopic (exact) mass is 424 g/mol. The minimum atomic E-state index is -0.751. The average Bonchev–Trinajstić information content (AvgIpc) is 2.68. The molecular formula is C20H32N4O6. The van der Waals surface area contributed by atoms with Gasteiger partial charge in [0.2, 0.25) is 5.91 Å². The van der Waals surface area contributed by atoms with Crippen LogP contribution >= 0.6 is 0 Å². The van der Waals surface area contributed by atoms with Crippen molar-refractivity contribution < 1.29 is 24.6 Å². The van der Waals surface area contributed by atoms with Crippen molar-refractivity contribution in [2.75, 3.05) is 13.2 Å². The van der Waals surface area contributed by atoms with Gasteiger partial charge >= 0.3 is 0 Å². The standard InChI is InChI=1S/C20H32N4O6/c1-14(2)23-21-12-17(25)13-29-18-7-3-15(4-8-18)11-20(26)22-16-5-9-19(10-6-16)30-24(27)28/h3-4,7-8,14,16-17,19,21,23,25H,5-6,9-13H2,1-2H3,(H,22,26). The van der Waals surface area contributed by atoms with E-state index in [9.17, 15) is 20.0 Å². The molecule has 2 rings (SSSR count). The summed E-state index contributed by atoms with van der Waals surface area (Å²) in [5.41, 5.74) is 6.79. The summed E-state index contributed by atoms with van der Waals surface area (Å²) in [6.07, 6.45) is 1.69. The smallest absolute Gasteiger partial charge is 0.294 e. The molecule has 0 aromatic heterocycles. The summed E-state index contributed by atoms with van der Waals surface area (Å²) < 4.78 is 5.57. The molecule has 1 aromatic rings. The Bertz CT molecular complexity index is 662. The van der Waals surface area contributed by atoms with E-state index < -0.39 is 11.2 Å². The molecule has 0 heterocycles. The molecule has 10 nitrogen and oxygen atoms in total. The van der Waals surface area contributed by atoms with E-state index in [2.05, 4.69) is 21.0 Å². The molecule has 4 N–H and O–H groups in total. The first-order valence-corrected chi connectivity index (χ1v) is 10.3. The summed E-state index contributed by atoms with van der Waals surface area (Å²) >= 11 is 0. The quantitative estimate of drug-likeness (QED) is 0.289. The van der Waals surface area contributed by atoms with Crippen LogP contribution in [-0.4, -0.2) is 53.5 Å².